The number of carbonyl (C=O) groups excluding carboxylic acids is 2. The van der Waals surface area contributed by atoms with Gasteiger partial charge in [0.15, 0.2) is 0 Å². The lowest BCUT2D eigenvalue weighted by Crippen LogP contribution is -2.52. The van der Waals surface area contributed by atoms with Crippen molar-refractivity contribution in [1.29, 1.82) is 0 Å². The predicted molar refractivity (Wildman–Crippen MR) is 122 cm³/mol. The molecule has 2 amide bonds. The number of carbonyl (C=O) groups is 2. The van der Waals surface area contributed by atoms with Crippen LogP contribution in [0.15, 0.2) is 30.3 Å². The molecule has 1 aliphatic rings. The summed E-state index contributed by atoms with van der Waals surface area (Å²) in [5.41, 5.74) is 3.22. The highest BCUT2D eigenvalue weighted by Crippen LogP contribution is 2.22. The van der Waals surface area contributed by atoms with Gasteiger partial charge in [-0.25, -0.2) is 4.68 Å². The molecule has 1 aliphatic heterocycles. The minimum atomic E-state index is -0.221. The van der Waals surface area contributed by atoms with E-state index in [9.17, 15) is 9.59 Å². The minimum absolute atomic E-state index is 0.0417. The highest BCUT2D eigenvalue weighted by Gasteiger charge is 2.23. The fourth-order valence-electron chi connectivity index (χ4n) is 3.79. The van der Waals surface area contributed by atoms with Gasteiger partial charge in [0.2, 0.25) is 11.8 Å². The van der Waals surface area contributed by atoms with E-state index in [1.165, 1.54) is 0 Å². The zero-order chi connectivity index (χ0) is 22.6. The van der Waals surface area contributed by atoms with Crippen LogP contribution in [0.3, 0.4) is 0 Å². The molecule has 31 heavy (non-hydrogen) atoms. The molecule has 0 bridgehead atoms. The number of rotatable bonds is 6. The molecule has 8 nitrogen and oxygen atoms in total. The fourth-order valence-corrected chi connectivity index (χ4v) is 3.79. The van der Waals surface area contributed by atoms with Crippen LogP contribution in [0, 0.1) is 13.8 Å². The fraction of sp³-hybridized carbons (Fsp3) is 0.522. The van der Waals surface area contributed by atoms with Gasteiger partial charge in [0, 0.05) is 31.7 Å². The van der Waals surface area contributed by atoms with E-state index in [1.54, 1.807) is 0 Å². The lowest BCUT2D eigenvalue weighted by molar-refractivity contribution is -0.124. The van der Waals surface area contributed by atoms with Gasteiger partial charge in [0.05, 0.1) is 35.9 Å². The van der Waals surface area contributed by atoms with Crippen LogP contribution in [-0.4, -0.2) is 76.2 Å². The number of aryl methyl sites for hydroxylation is 1. The lowest BCUT2D eigenvalue weighted by Gasteiger charge is -2.34. The average Bonchev–Trinajstić information content (AvgIpc) is 2.97. The average molecular weight is 427 g/mol. The standard InChI is InChI=1S/C23H34N6O2/c1-17-22(18(2)29(26-17)19-9-7-6-8-10-19)24-20(30)15-27-11-13-28(14-12-27)16-21(31)25-23(3,4)5/h6-10H,11-16H2,1-5H3,(H,24,30)(H,25,31). The summed E-state index contributed by atoms with van der Waals surface area (Å²) < 4.78 is 1.85. The number of anilines is 1. The third kappa shape index (κ3) is 6.38. The Labute approximate surface area is 184 Å². The van der Waals surface area contributed by atoms with E-state index >= 15 is 0 Å². The Morgan fingerprint density at radius 1 is 0.935 bits per heavy atom. The Morgan fingerprint density at radius 2 is 1.48 bits per heavy atom. The largest absolute Gasteiger partial charge is 0.350 e. The van der Waals surface area contributed by atoms with Crippen molar-refractivity contribution >= 4 is 17.5 Å². The molecule has 3 rings (SSSR count). The summed E-state index contributed by atoms with van der Waals surface area (Å²) in [7, 11) is 0. The molecular weight excluding hydrogens is 392 g/mol. The highest BCUT2D eigenvalue weighted by atomic mass is 16.2. The maximum Gasteiger partial charge on any atom is 0.238 e. The van der Waals surface area contributed by atoms with Crippen molar-refractivity contribution in [3.63, 3.8) is 0 Å². The first-order valence-corrected chi connectivity index (χ1v) is 10.8. The Bertz CT molecular complexity index is 908. The first-order chi connectivity index (χ1) is 14.6. The topological polar surface area (TPSA) is 82.5 Å². The van der Waals surface area contributed by atoms with Crippen LogP contribution in [0.1, 0.15) is 32.2 Å². The van der Waals surface area contributed by atoms with E-state index in [1.807, 2.05) is 69.6 Å². The third-order valence-corrected chi connectivity index (χ3v) is 5.27. The summed E-state index contributed by atoms with van der Waals surface area (Å²) in [6, 6.07) is 9.89. The number of amides is 2. The molecule has 1 aromatic carbocycles. The minimum Gasteiger partial charge on any atom is -0.350 e. The normalized spacial score (nSPS) is 15.6. The molecule has 2 heterocycles. The van der Waals surface area contributed by atoms with Crippen LogP contribution < -0.4 is 10.6 Å². The molecule has 0 unspecified atom stereocenters. The van der Waals surface area contributed by atoms with E-state index < -0.39 is 0 Å². The number of hydrogen-bond donors (Lipinski definition) is 2. The van der Waals surface area contributed by atoms with Gasteiger partial charge in [0.1, 0.15) is 0 Å². The number of piperazine rings is 1. The van der Waals surface area contributed by atoms with Crippen molar-refractivity contribution in [3.05, 3.63) is 41.7 Å². The monoisotopic (exact) mass is 426 g/mol. The van der Waals surface area contributed by atoms with Gasteiger partial charge in [-0.1, -0.05) is 18.2 Å². The summed E-state index contributed by atoms with van der Waals surface area (Å²) in [6.45, 7) is 13.6. The number of nitrogens with one attached hydrogen (secondary N) is 2. The molecule has 168 valence electrons. The molecule has 1 saturated heterocycles. The van der Waals surface area contributed by atoms with Gasteiger partial charge in [-0.3, -0.25) is 19.4 Å². The quantitative estimate of drug-likeness (QED) is 0.738. The van der Waals surface area contributed by atoms with Gasteiger partial charge in [-0.2, -0.15) is 5.10 Å². The van der Waals surface area contributed by atoms with E-state index in [0.717, 1.165) is 48.9 Å². The zero-order valence-electron chi connectivity index (χ0n) is 19.2. The SMILES string of the molecule is Cc1nn(-c2ccccc2)c(C)c1NC(=O)CN1CCN(CC(=O)NC(C)(C)C)CC1. The van der Waals surface area contributed by atoms with Crippen molar-refractivity contribution in [2.75, 3.05) is 44.6 Å². The number of nitrogens with zero attached hydrogens (tertiary/aromatic N) is 4. The smallest absolute Gasteiger partial charge is 0.238 e. The number of benzene rings is 1. The van der Waals surface area contributed by atoms with Gasteiger partial charge in [-0.15, -0.1) is 0 Å². The summed E-state index contributed by atoms with van der Waals surface area (Å²) in [5.74, 6) is -0.00203. The van der Waals surface area contributed by atoms with E-state index in [-0.39, 0.29) is 17.4 Å². The first kappa shape index (κ1) is 23.0. The molecule has 2 N–H and O–H groups in total. The maximum absolute atomic E-state index is 12.7. The van der Waals surface area contributed by atoms with E-state index in [4.69, 9.17) is 0 Å². The van der Waals surface area contributed by atoms with Crippen molar-refractivity contribution in [2.24, 2.45) is 0 Å². The van der Waals surface area contributed by atoms with Crippen LogP contribution in [0.5, 0.6) is 0 Å². The summed E-state index contributed by atoms with van der Waals surface area (Å²) in [6.07, 6.45) is 0. The second-order valence-electron chi connectivity index (χ2n) is 9.19. The Balaban J connectivity index is 1.50. The summed E-state index contributed by atoms with van der Waals surface area (Å²) >= 11 is 0. The van der Waals surface area contributed by atoms with Crippen LogP contribution in [0.2, 0.25) is 0 Å². The molecular formula is C23H34N6O2. The number of aromatic nitrogens is 2. The summed E-state index contributed by atoms with van der Waals surface area (Å²) in [4.78, 5) is 29.1. The van der Waals surface area contributed by atoms with Crippen molar-refractivity contribution < 1.29 is 9.59 Å². The zero-order valence-corrected chi connectivity index (χ0v) is 19.2. The third-order valence-electron chi connectivity index (χ3n) is 5.27. The first-order valence-electron chi connectivity index (χ1n) is 10.8. The molecule has 0 atom stereocenters. The van der Waals surface area contributed by atoms with E-state index in [2.05, 4.69) is 25.5 Å². The Kier molecular flexibility index (Phi) is 7.12. The molecule has 1 aromatic heterocycles. The maximum atomic E-state index is 12.7. The van der Waals surface area contributed by atoms with Crippen LogP contribution >= 0.6 is 0 Å². The molecule has 8 heteroatoms. The lowest BCUT2D eigenvalue weighted by atomic mass is 10.1. The molecule has 0 saturated carbocycles. The Hall–Kier alpha value is -2.71. The van der Waals surface area contributed by atoms with Gasteiger partial charge in [-0.05, 0) is 46.8 Å². The summed E-state index contributed by atoms with van der Waals surface area (Å²) in [5, 5.41) is 10.6. The van der Waals surface area contributed by atoms with E-state index in [0.29, 0.717) is 13.1 Å². The second kappa shape index (κ2) is 9.62. The number of hydrogen-bond acceptors (Lipinski definition) is 5. The van der Waals surface area contributed by atoms with Crippen molar-refractivity contribution in [2.45, 2.75) is 40.2 Å². The predicted octanol–water partition coefficient (Wildman–Crippen LogP) is 1.96. The molecule has 2 aromatic rings. The highest BCUT2D eigenvalue weighted by molar-refractivity contribution is 5.93. The van der Waals surface area contributed by atoms with Crippen LogP contribution in [-0.2, 0) is 9.59 Å². The molecule has 0 aliphatic carbocycles. The van der Waals surface area contributed by atoms with Crippen LogP contribution in [0.4, 0.5) is 5.69 Å². The molecule has 0 radical (unpaired) electrons. The number of para-hydroxylation sites is 1. The van der Waals surface area contributed by atoms with Gasteiger partial charge in [0.25, 0.3) is 0 Å². The van der Waals surface area contributed by atoms with Gasteiger partial charge >= 0.3 is 0 Å². The van der Waals surface area contributed by atoms with Crippen molar-refractivity contribution in [1.82, 2.24) is 24.9 Å². The molecule has 0 spiro atoms. The van der Waals surface area contributed by atoms with Crippen LogP contribution in [0.25, 0.3) is 5.69 Å². The second-order valence-corrected chi connectivity index (χ2v) is 9.19. The Morgan fingerprint density at radius 3 is 2.03 bits per heavy atom. The molecule has 1 fully saturated rings. The van der Waals surface area contributed by atoms with Crippen molar-refractivity contribution in [3.8, 4) is 5.69 Å². The van der Waals surface area contributed by atoms with Gasteiger partial charge < -0.3 is 10.6 Å².